The van der Waals surface area contributed by atoms with Crippen LogP contribution in [0.2, 0.25) is 5.02 Å². The minimum absolute atomic E-state index is 0.133. The summed E-state index contributed by atoms with van der Waals surface area (Å²) in [6.45, 7) is 0.133. The Morgan fingerprint density at radius 1 is 1.43 bits per heavy atom. The fraction of sp³-hybridized carbons (Fsp3) is 0.0667. The average Bonchev–Trinajstić information content (AvgIpc) is 3.22. The first-order valence-corrected chi connectivity index (χ1v) is 7.08. The van der Waals surface area contributed by atoms with Crippen LogP contribution in [-0.4, -0.2) is 30.7 Å². The van der Waals surface area contributed by atoms with Crippen LogP contribution in [0.25, 0.3) is 17.6 Å². The van der Waals surface area contributed by atoms with Gasteiger partial charge in [-0.25, -0.2) is 19.4 Å². The summed E-state index contributed by atoms with van der Waals surface area (Å²) in [5.41, 5.74) is 1.52. The Bertz CT molecular complexity index is 826. The number of aromatic nitrogens is 5. The number of aromatic amines is 1. The van der Waals surface area contributed by atoms with Gasteiger partial charge in [0.25, 0.3) is 0 Å². The van der Waals surface area contributed by atoms with E-state index in [-0.39, 0.29) is 6.61 Å². The van der Waals surface area contributed by atoms with E-state index in [1.54, 1.807) is 18.3 Å². The van der Waals surface area contributed by atoms with Crippen molar-refractivity contribution in [3.8, 4) is 11.4 Å². The molecule has 0 aliphatic heterocycles. The number of rotatable bonds is 5. The number of carbonyl (C=O) groups excluding carboxylic acids is 1. The van der Waals surface area contributed by atoms with E-state index in [4.69, 9.17) is 16.3 Å². The van der Waals surface area contributed by atoms with Crippen LogP contribution in [0.5, 0.6) is 0 Å². The molecule has 0 radical (unpaired) electrons. The van der Waals surface area contributed by atoms with Crippen LogP contribution < -0.4 is 0 Å². The van der Waals surface area contributed by atoms with Crippen LogP contribution in [0.4, 0.5) is 0 Å². The molecule has 0 bridgehead atoms. The minimum atomic E-state index is -0.487. The Kier molecular flexibility index (Phi) is 4.49. The first-order chi connectivity index (χ1) is 11.2. The molecular formula is C15H12ClN5O2. The predicted octanol–water partition coefficient (Wildman–Crippen LogP) is 2.54. The van der Waals surface area contributed by atoms with Crippen molar-refractivity contribution in [2.45, 2.75) is 6.61 Å². The Hall–Kier alpha value is -2.93. The van der Waals surface area contributed by atoms with Crippen molar-refractivity contribution in [2.24, 2.45) is 0 Å². The zero-order valence-electron chi connectivity index (χ0n) is 11.9. The van der Waals surface area contributed by atoms with Gasteiger partial charge in [-0.1, -0.05) is 23.7 Å². The molecule has 0 atom stereocenters. The van der Waals surface area contributed by atoms with E-state index in [0.29, 0.717) is 10.8 Å². The summed E-state index contributed by atoms with van der Waals surface area (Å²) in [7, 11) is 0. The lowest BCUT2D eigenvalue weighted by atomic mass is 10.2. The lowest BCUT2D eigenvalue weighted by molar-refractivity contribution is -0.139. The molecule has 1 aromatic carbocycles. The van der Waals surface area contributed by atoms with Crippen LogP contribution in [-0.2, 0) is 16.1 Å². The standard InChI is InChI=1S/C15H12ClN5O2/c16-12-3-1-2-11(6-12)15-19-10-21(20-15)5-4-14(22)23-8-13-7-17-9-18-13/h1-7,9-10H,8H2,(H,17,18)/b5-4-. The van der Waals surface area contributed by atoms with Crippen molar-refractivity contribution in [2.75, 3.05) is 0 Å². The molecule has 3 rings (SSSR count). The maximum atomic E-state index is 11.6. The molecule has 2 aromatic heterocycles. The highest BCUT2D eigenvalue weighted by atomic mass is 35.5. The molecule has 0 saturated heterocycles. The van der Waals surface area contributed by atoms with Crippen LogP contribution in [0.1, 0.15) is 5.69 Å². The number of ether oxygens (including phenoxy) is 1. The van der Waals surface area contributed by atoms with Crippen LogP contribution in [0.3, 0.4) is 0 Å². The molecule has 0 fully saturated rings. The zero-order valence-corrected chi connectivity index (χ0v) is 12.6. The number of benzene rings is 1. The molecule has 1 N–H and O–H groups in total. The second-order valence-electron chi connectivity index (χ2n) is 4.56. The molecule has 3 aromatic rings. The lowest BCUT2D eigenvalue weighted by Gasteiger charge is -1.98. The highest BCUT2D eigenvalue weighted by molar-refractivity contribution is 6.30. The molecule has 0 aliphatic rings. The fourth-order valence-electron chi connectivity index (χ4n) is 1.80. The van der Waals surface area contributed by atoms with Gasteiger partial charge in [0.05, 0.1) is 18.2 Å². The Morgan fingerprint density at radius 2 is 2.35 bits per heavy atom. The Labute approximate surface area is 136 Å². The number of hydrogen-bond donors (Lipinski definition) is 1. The number of halogens is 1. The van der Waals surface area contributed by atoms with Crippen molar-refractivity contribution in [1.82, 2.24) is 24.7 Å². The summed E-state index contributed by atoms with van der Waals surface area (Å²) in [4.78, 5) is 22.5. The average molecular weight is 330 g/mol. The normalized spacial score (nSPS) is 11.0. The predicted molar refractivity (Wildman–Crippen MR) is 84.2 cm³/mol. The summed E-state index contributed by atoms with van der Waals surface area (Å²) >= 11 is 5.94. The molecule has 2 heterocycles. The van der Waals surface area contributed by atoms with E-state index in [1.807, 2.05) is 12.1 Å². The first kappa shape index (κ1) is 15.0. The molecule has 23 heavy (non-hydrogen) atoms. The Balaban J connectivity index is 1.61. The highest BCUT2D eigenvalue weighted by Gasteiger charge is 2.04. The van der Waals surface area contributed by atoms with Gasteiger partial charge in [-0.15, -0.1) is 5.10 Å². The Morgan fingerprint density at radius 3 is 3.13 bits per heavy atom. The first-order valence-electron chi connectivity index (χ1n) is 6.70. The van der Waals surface area contributed by atoms with E-state index in [1.165, 1.54) is 29.6 Å². The molecule has 0 amide bonds. The van der Waals surface area contributed by atoms with Crippen molar-refractivity contribution in [3.63, 3.8) is 0 Å². The van der Waals surface area contributed by atoms with Gasteiger partial charge in [0.2, 0.25) is 0 Å². The van der Waals surface area contributed by atoms with Crippen molar-refractivity contribution < 1.29 is 9.53 Å². The SMILES string of the molecule is O=C(/C=C\n1cnc(-c2cccc(Cl)c2)n1)OCc1cnc[nH]1. The molecule has 0 spiro atoms. The van der Waals surface area contributed by atoms with Crippen LogP contribution in [0.15, 0.2) is 49.2 Å². The molecule has 0 aliphatic carbocycles. The number of nitrogens with one attached hydrogen (secondary N) is 1. The van der Waals surface area contributed by atoms with Crippen LogP contribution >= 0.6 is 11.6 Å². The smallest absolute Gasteiger partial charge is 0.332 e. The summed E-state index contributed by atoms with van der Waals surface area (Å²) in [6, 6.07) is 7.22. The summed E-state index contributed by atoms with van der Waals surface area (Å²) < 4.78 is 6.46. The van der Waals surface area contributed by atoms with Gasteiger partial charge in [-0.2, -0.15) is 0 Å². The van der Waals surface area contributed by atoms with Crippen LogP contribution in [0, 0.1) is 0 Å². The number of esters is 1. The van der Waals surface area contributed by atoms with Crippen molar-refractivity contribution in [1.29, 1.82) is 0 Å². The zero-order chi connectivity index (χ0) is 16.1. The third kappa shape index (κ3) is 4.04. The largest absolute Gasteiger partial charge is 0.456 e. The van der Waals surface area contributed by atoms with E-state index in [0.717, 1.165) is 11.3 Å². The van der Waals surface area contributed by atoms with Gasteiger partial charge in [0.15, 0.2) is 5.82 Å². The third-order valence-electron chi connectivity index (χ3n) is 2.88. The van der Waals surface area contributed by atoms with Gasteiger partial charge >= 0.3 is 5.97 Å². The molecule has 7 nitrogen and oxygen atoms in total. The van der Waals surface area contributed by atoms with Gasteiger partial charge in [-0.3, -0.25) is 0 Å². The van der Waals surface area contributed by atoms with E-state index in [2.05, 4.69) is 20.1 Å². The van der Waals surface area contributed by atoms with Gasteiger partial charge in [-0.05, 0) is 12.1 Å². The molecule has 8 heteroatoms. The van der Waals surface area contributed by atoms with E-state index < -0.39 is 5.97 Å². The quantitative estimate of drug-likeness (QED) is 0.574. The number of hydrogen-bond acceptors (Lipinski definition) is 5. The maximum Gasteiger partial charge on any atom is 0.332 e. The summed E-state index contributed by atoms with van der Waals surface area (Å²) in [6.07, 6.45) is 7.34. The second-order valence-corrected chi connectivity index (χ2v) is 5.00. The van der Waals surface area contributed by atoms with E-state index in [9.17, 15) is 4.79 Å². The maximum absolute atomic E-state index is 11.6. The monoisotopic (exact) mass is 329 g/mol. The number of H-pyrrole nitrogens is 1. The minimum Gasteiger partial charge on any atom is -0.456 e. The van der Waals surface area contributed by atoms with Crippen molar-refractivity contribution in [3.05, 3.63) is 59.9 Å². The fourth-order valence-corrected chi connectivity index (χ4v) is 1.99. The second kappa shape index (κ2) is 6.89. The molecule has 0 unspecified atom stereocenters. The summed E-state index contributed by atoms with van der Waals surface area (Å²) in [5.74, 6) is 0.0300. The van der Waals surface area contributed by atoms with Gasteiger partial charge < -0.3 is 9.72 Å². The number of imidazole rings is 1. The lowest BCUT2D eigenvalue weighted by Crippen LogP contribution is -2.01. The molecule has 0 saturated carbocycles. The summed E-state index contributed by atoms with van der Waals surface area (Å²) in [5, 5.41) is 4.85. The van der Waals surface area contributed by atoms with Gasteiger partial charge in [0, 0.05) is 22.9 Å². The topological polar surface area (TPSA) is 85.7 Å². The number of nitrogens with zero attached hydrogens (tertiary/aromatic N) is 4. The third-order valence-corrected chi connectivity index (χ3v) is 3.11. The molecular weight excluding hydrogens is 318 g/mol. The van der Waals surface area contributed by atoms with E-state index >= 15 is 0 Å². The molecule has 116 valence electrons. The van der Waals surface area contributed by atoms with Crippen molar-refractivity contribution >= 4 is 23.8 Å². The highest BCUT2D eigenvalue weighted by Crippen LogP contribution is 2.18. The number of carbonyl (C=O) groups is 1. The van der Waals surface area contributed by atoms with Gasteiger partial charge in [0.1, 0.15) is 12.9 Å².